The predicted octanol–water partition coefficient (Wildman–Crippen LogP) is 23.8. The van der Waals surface area contributed by atoms with Gasteiger partial charge in [0.25, 0.3) is 0 Å². The number of hydrogen-bond donors (Lipinski definition) is 16. The first-order chi connectivity index (χ1) is 68.7. The number of carbonyl (C=O) groups excluding carboxylic acids is 6. The van der Waals surface area contributed by atoms with Crippen LogP contribution < -0.4 is 0 Å². The molecule has 144 heavy (non-hydrogen) atoms. The van der Waals surface area contributed by atoms with Crippen LogP contribution in [0.1, 0.15) is 210 Å². The molecule has 0 heterocycles. The molecule has 0 bridgehead atoms. The number of hydrogen-bond acceptors (Lipinski definition) is 22. The number of aromatic hydroxyl groups is 15. The Labute approximate surface area is 846 Å². The smallest absolute Gasteiger partial charge is 0.157 e. The van der Waals surface area contributed by atoms with Crippen LogP contribution in [0.15, 0.2) is 273 Å². The van der Waals surface area contributed by atoms with Crippen molar-refractivity contribution in [1.82, 2.24) is 0 Å². The van der Waals surface area contributed by atoms with Crippen LogP contribution in [-0.2, 0) is 106 Å². The molecule has 0 fully saturated rings. The van der Waals surface area contributed by atoms with Crippen LogP contribution in [-0.4, -0.2) is 123 Å². The molecule has 0 aliphatic carbocycles. The van der Waals surface area contributed by atoms with E-state index in [1.807, 2.05) is 107 Å². The van der Waals surface area contributed by atoms with Crippen LogP contribution in [0.25, 0.3) is 0 Å². The Bertz CT molecular complexity index is 6080. The maximum absolute atomic E-state index is 12.1. The second-order valence-electron chi connectivity index (χ2n) is 37.2. The molecule has 3 atom stereocenters. The Morgan fingerprint density at radius 1 is 0.222 bits per heavy atom. The summed E-state index contributed by atoms with van der Waals surface area (Å²) in [5.41, 5.74) is 17.8. The first-order valence-electron chi connectivity index (χ1n) is 49.1. The fourth-order valence-corrected chi connectivity index (χ4v) is 15.1. The average molecular weight is 1960 g/mol. The largest absolute Gasteiger partial charge is 0.508 e. The molecular formula is C122H142O22. The van der Waals surface area contributed by atoms with Gasteiger partial charge in [-0.15, -0.1) is 0 Å². The van der Waals surface area contributed by atoms with Gasteiger partial charge in [0.05, 0.1) is 6.10 Å². The van der Waals surface area contributed by atoms with Crippen LogP contribution in [0.5, 0.6) is 86.2 Å². The average Bonchev–Trinajstić information content (AvgIpc) is 0.893. The molecule has 22 heteroatoms. The summed E-state index contributed by atoms with van der Waals surface area (Å²) in [6, 6.07) is 69.4. The van der Waals surface area contributed by atoms with Gasteiger partial charge < -0.3 is 81.7 Å². The zero-order valence-electron chi connectivity index (χ0n) is 83.9. The fraction of sp³-hybridized carbons (Fsp3) is 0.311. The van der Waals surface area contributed by atoms with E-state index >= 15 is 0 Å². The highest BCUT2D eigenvalue weighted by Crippen LogP contribution is 2.33. The Hall–Kier alpha value is -15.2. The van der Waals surface area contributed by atoms with Crippen molar-refractivity contribution in [1.29, 1.82) is 0 Å². The van der Waals surface area contributed by atoms with Crippen molar-refractivity contribution < 1.29 is 110 Å². The molecule has 12 aromatic carbocycles. The highest BCUT2D eigenvalue weighted by atomic mass is 16.3. The van der Waals surface area contributed by atoms with Gasteiger partial charge in [0, 0.05) is 57.8 Å². The second-order valence-corrected chi connectivity index (χ2v) is 37.2. The molecule has 0 amide bonds. The molecule has 22 nitrogen and oxygen atoms in total. The van der Waals surface area contributed by atoms with E-state index in [0.29, 0.717) is 119 Å². The maximum atomic E-state index is 12.1. The second kappa shape index (κ2) is 61.5. The van der Waals surface area contributed by atoms with Gasteiger partial charge in [-0.25, -0.2) is 0 Å². The monoisotopic (exact) mass is 1960 g/mol. The summed E-state index contributed by atoms with van der Waals surface area (Å²) >= 11 is 0. The molecule has 0 saturated carbocycles. The maximum Gasteiger partial charge on any atom is 0.157 e. The quantitative estimate of drug-likeness (QED) is 0.0124. The van der Waals surface area contributed by atoms with E-state index in [9.17, 15) is 110 Å². The summed E-state index contributed by atoms with van der Waals surface area (Å²) in [5.74, 6) is 1.07. The summed E-state index contributed by atoms with van der Waals surface area (Å²) in [7, 11) is 0. The van der Waals surface area contributed by atoms with Gasteiger partial charge in [-0.1, -0.05) is 183 Å². The van der Waals surface area contributed by atoms with Gasteiger partial charge in [0.2, 0.25) is 0 Å². The topological polar surface area (TPSA) is 426 Å². The van der Waals surface area contributed by atoms with E-state index in [-0.39, 0.29) is 122 Å². The van der Waals surface area contributed by atoms with E-state index < -0.39 is 6.10 Å². The Morgan fingerprint density at radius 2 is 0.431 bits per heavy atom. The number of aliphatic hydroxyl groups excluding tert-OH is 1. The molecular weight excluding hydrogens is 1820 g/mol. The molecule has 16 N–H and O–H groups in total. The normalized spacial score (nSPS) is 11.6. The van der Waals surface area contributed by atoms with Crippen LogP contribution in [0.3, 0.4) is 0 Å². The van der Waals surface area contributed by atoms with Gasteiger partial charge in [-0.05, 0) is 373 Å². The zero-order valence-corrected chi connectivity index (χ0v) is 83.9. The summed E-state index contributed by atoms with van der Waals surface area (Å²) < 4.78 is 0. The fourth-order valence-electron chi connectivity index (χ4n) is 15.1. The van der Waals surface area contributed by atoms with E-state index in [0.717, 1.165) is 142 Å². The Balaban J connectivity index is 0.000000234. The lowest BCUT2D eigenvalue weighted by molar-refractivity contribution is -0.121. The van der Waals surface area contributed by atoms with E-state index in [4.69, 9.17) is 0 Å². The summed E-state index contributed by atoms with van der Waals surface area (Å²) in [5, 5.41) is 152. The lowest BCUT2D eigenvalue weighted by Crippen LogP contribution is -2.14. The minimum absolute atomic E-state index is 0.0225. The number of phenolic OH excluding ortho intramolecular Hbond substituents is 15. The first kappa shape index (κ1) is 116. The zero-order chi connectivity index (χ0) is 105. The van der Waals surface area contributed by atoms with E-state index in [2.05, 4.69) is 76.2 Å². The van der Waals surface area contributed by atoms with Crippen molar-refractivity contribution in [3.8, 4) is 86.2 Å². The lowest BCUT2D eigenvalue weighted by atomic mass is 9.94. The van der Waals surface area contributed by atoms with Gasteiger partial charge in [0.15, 0.2) is 74.8 Å². The van der Waals surface area contributed by atoms with Crippen molar-refractivity contribution in [2.45, 2.75) is 235 Å². The summed E-state index contributed by atoms with van der Waals surface area (Å²) in [6.07, 6.45) is 26.3. The minimum Gasteiger partial charge on any atom is -0.508 e. The molecule has 0 spiro atoms. The number of rotatable bonds is 45. The van der Waals surface area contributed by atoms with Gasteiger partial charge in [-0.2, -0.15) is 0 Å². The molecule has 0 aliphatic heterocycles. The number of allylic oxidation sites excluding steroid dienone is 6. The molecule has 762 valence electrons. The van der Waals surface area contributed by atoms with Crippen molar-refractivity contribution in [2.75, 3.05) is 0 Å². The van der Waals surface area contributed by atoms with Gasteiger partial charge >= 0.3 is 0 Å². The summed E-state index contributed by atoms with van der Waals surface area (Å²) in [6.45, 7) is 15.7. The van der Waals surface area contributed by atoms with Crippen molar-refractivity contribution in [3.63, 3.8) is 0 Å². The molecule has 12 aromatic rings. The molecule has 0 saturated heterocycles. The number of carbonyl (C=O) groups is 6. The highest BCUT2D eigenvalue weighted by Gasteiger charge is 2.18. The highest BCUT2D eigenvalue weighted by molar-refractivity contribution is 5.91. The SMILES string of the molecule is Cc1ccc(CC/C=C/C(=O)CCc2ccc(O)c(O)c2)cc1.Cc1ccc(CC/C=C/C(=O)CCc2ccc(O)c(O)c2)cc1O.Cc1ccc(CC/C=C/C(=O)CCc2ccc(O)cc2)cc1O.Cc1ccc(CC[C@H](C)CC(=O)CCc2ccc(O)c(O)c2)cc1.Cc1ccc(CC[C@H](C)CC(=O)CCc2ccc(O)c(O)c2)cc1O.Cc1ccc(CC[C@H](O)CC(=O)CCc2ccc(O)c(O)c2)cc1O. The van der Waals surface area contributed by atoms with E-state index in [1.165, 1.54) is 82.9 Å². The summed E-state index contributed by atoms with van der Waals surface area (Å²) in [4.78, 5) is 71.7. The number of benzene rings is 12. The molecule has 0 aromatic heterocycles. The van der Waals surface area contributed by atoms with Crippen LogP contribution >= 0.6 is 0 Å². The van der Waals surface area contributed by atoms with Crippen LogP contribution in [0.4, 0.5) is 0 Å². The third-order valence-electron chi connectivity index (χ3n) is 24.5. The molecule has 0 aliphatic rings. The lowest BCUT2D eigenvalue weighted by Gasteiger charge is -2.11. The van der Waals surface area contributed by atoms with Crippen molar-refractivity contribution in [3.05, 3.63) is 373 Å². The van der Waals surface area contributed by atoms with Crippen molar-refractivity contribution in [2.24, 2.45) is 11.8 Å². The van der Waals surface area contributed by atoms with Crippen LogP contribution in [0.2, 0.25) is 0 Å². The standard InChI is InChI=1S/C21H26O4.C21H26O3.C20H24O5.C20H22O4.2C20H22O3/c1-14(3-5-16-6-4-15(2)20(24)12-16)11-18(22)9-7-17-8-10-19(23)21(25)13-17;1-15-3-6-17(7-4-15)8-5-16(2)13-19(22)11-9-18-10-12-20(23)21(24)14-18;1-13-2-3-14(10-19(13)24)4-7-16(21)12-17(22)8-5-15-6-9-18(23)20(25)11-15;1-14-6-7-15(12-19(14)23)4-2-3-5-17(21)10-8-16-9-11-18(22)20(24)13-16;1-15-6-8-16(9-7-15)4-2-3-5-18(21)12-10-17-11-13-19(22)20(23)14-17;1-15-6-7-17(14-20(15)23)4-2-3-5-18(21)11-8-16-9-12-19(22)13-10-16/h4,6,8,10,12-14,23-25H,3,5,7,9,11H2,1-2H3;3-4,6-7,10,12,14,16,23-24H,5,8-9,11,13H2,1-2H3;2-3,6,9-11,16,21,23-25H,4-5,7-8,12H2,1H3;3,5-7,9,11-13,22-24H,2,4,8,10H2,1H3;3,5-9,11,13-14,22-23H,2,4,10,12H2,1H3;3,5-7,9-10,12-14,22-23H,2,4,8,11H2,1H3/b;;;3*5-3+/t14-;2*16-;;;/m000.../s1. The first-order valence-corrected chi connectivity index (χ1v) is 49.1. The Kier molecular flexibility index (Phi) is 49.5. The number of aliphatic hydroxyl groups is 1. The van der Waals surface area contributed by atoms with E-state index in [1.54, 1.807) is 85.0 Å². The Morgan fingerprint density at radius 3 is 0.722 bits per heavy atom. The van der Waals surface area contributed by atoms with Crippen LogP contribution in [0, 0.1) is 53.4 Å². The van der Waals surface area contributed by atoms with Crippen molar-refractivity contribution >= 4 is 34.7 Å². The number of aryl methyl sites for hydroxylation is 18. The molecule has 12 rings (SSSR count). The number of Topliss-reactive ketones (excluding diaryl/α,β-unsaturated/α-hetero) is 3. The van der Waals surface area contributed by atoms with Gasteiger partial charge in [0.1, 0.15) is 46.1 Å². The number of ketones is 6. The third-order valence-corrected chi connectivity index (χ3v) is 24.5. The minimum atomic E-state index is -0.718. The molecule has 0 unspecified atom stereocenters. The molecule has 0 radical (unpaired) electrons. The number of phenols is 15. The third kappa shape index (κ3) is 45.6. The predicted molar refractivity (Wildman–Crippen MR) is 566 cm³/mol. The van der Waals surface area contributed by atoms with Gasteiger partial charge in [-0.3, -0.25) is 28.8 Å².